The van der Waals surface area contributed by atoms with Crippen molar-refractivity contribution in [2.24, 2.45) is 0 Å². The predicted molar refractivity (Wildman–Crippen MR) is 65.5 cm³/mol. The number of aromatic nitrogens is 2. The summed E-state index contributed by atoms with van der Waals surface area (Å²) in [6.45, 7) is 1.34. The van der Waals surface area contributed by atoms with E-state index >= 15 is 0 Å². The van der Waals surface area contributed by atoms with Crippen molar-refractivity contribution < 1.29 is 23.1 Å². The van der Waals surface area contributed by atoms with Gasteiger partial charge in [0.15, 0.2) is 0 Å². The van der Waals surface area contributed by atoms with Crippen LogP contribution in [-0.4, -0.2) is 26.8 Å². The highest BCUT2D eigenvalue weighted by molar-refractivity contribution is 8.00. The first-order chi connectivity index (χ1) is 8.80. The van der Waals surface area contributed by atoms with Gasteiger partial charge in [-0.3, -0.25) is 4.79 Å². The Kier molecular flexibility index (Phi) is 3.68. The maximum atomic E-state index is 12.8. The van der Waals surface area contributed by atoms with Crippen LogP contribution in [-0.2, 0) is 11.0 Å². The molecule has 0 aliphatic heterocycles. The van der Waals surface area contributed by atoms with E-state index in [-0.39, 0.29) is 26.6 Å². The number of carbonyl (C=O) groups is 1. The van der Waals surface area contributed by atoms with Crippen molar-refractivity contribution in [2.45, 2.75) is 18.1 Å². The second-order valence-corrected chi connectivity index (χ2v) is 5.56. The van der Waals surface area contributed by atoms with Crippen LogP contribution < -0.4 is 0 Å². The highest BCUT2D eigenvalue weighted by Crippen LogP contribution is 2.43. The lowest BCUT2D eigenvalue weighted by Crippen LogP contribution is -2.03. The van der Waals surface area contributed by atoms with Gasteiger partial charge in [-0.15, -0.1) is 11.3 Å². The second kappa shape index (κ2) is 4.97. The third-order valence-corrected chi connectivity index (χ3v) is 4.50. The van der Waals surface area contributed by atoms with Gasteiger partial charge in [0.05, 0.1) is 5.75 Å². The van der Waals surface area contributed by atoms with Crippen molar-refractivity contribution in [1.29, 1.82) is 0 Å². The van der Waals surface area contributed by atoms with Gasteiger partial charge in [0.25, 0.3) is 0 Å². The van der Waals surface area contributed by atoms with Crippen molar-refractivity contribution in [3.63, 3.8) is 0 Å². The Bertz CT molecular complexity index is 639. The van der Waals surface area contributed by atoms with Gasteiger partial charge in [-0.25, -0.2) is 9.97 Å². The first-order valence-electron chi connectivity index (χ1n) is 4.96. The number of nitrogens with zero attached hydrogens (tertiary/aromatic N) is 2. The van der Waals surface area contributed by atoms with Crippen molar-refractivity contribution in [1.82, 2.24) is 9.97 Å². The van der Waals surface area contributed by atoms with Gasteiger partial charge in [0.2, 0.25) is 0 Å². The second-order valence-electron chi connectivity index (χ2n) is 3.60. The fourth-order valence-electron chi connectivity index (χ4n) is 1.55. The third kappa shape index (κ3) is 2.81. The van der Waals surface area contributed by atoms with E-state index in [4.69, 9.17) is 5.11 Å². The molecule has 0 atom stereocenters. The Morgan fingerprint density at radius 2 is 2.16 bits per heavy atom. The minimum absolute atomic E-state index is 0.0426. The first kappa shape index (κ1) is 14.1. The summed E-state index contributed by atoms with van der Waals surface area (Å²) in [5.41, 5.74) is 0.0426. The quantitative estimate of drug-likeness (QED) is 0.697. The summed E-state index contributed by atoms with van der Waals surface area (Å²) >= 11 is 1.43. The largest absolute Gasteiger partial charge is 0.481 e. The Morgan fingerprint density at radius 1 is 1.47 bits per heavy atom. The van der Waals surface area contributed by atoms with Crippen LogP contribution in [0.5, 0.6) is 0 Å². The molecule has 102 valence electrons. The molecule has 0 saturated carbocycles. The number of thioether (sulfide) groups is 1. The minimum Gasteiger partial charge on any atom is -0.481 e. The topological polar surface area (TPSA) is 63.1 Å². The molecular formula is C10H7F3N2O2S2. The molecule has 0 unspecified atom stereocenters. The molecule has 0 radical (unpaired) electrons. The van der Waals surface area contributed by atoms with Gasteiger partial charge in [-0.05, 0) is 12.5 Å². The van der Waals surface area contributed by atoms with Crippen LogP contribution >= 0.6 is 23.1 Å². The predicted octanol–water partition coefficient (Wildman–Crippen LogP) is 3.20. The number of fused-ring (bicyclic) bond motifs is 1. The first-order valence-corrected chi connectivity index (χ1v) is 6.76. The summed E-state index contributed by atoms with van der Waals surface area (Å²) in [4.78, 5) is 17.7. The SMILES string of the molecule is Cc1c(C(F)(F)F)sc2ncnc(SCC(=O)O)c12. The monoisotopic (exact) mass is 308 g/mol. The summed E-state index contributed by atoms with van der Waals surface area (Å²) in [7, 11) is 0. The Labute approximate surface area is 113 Å². The number of halogens is 3. The molecule has 0 aromatic carbocycles. The number of alkyl halides is 3. The molecule has 0 saturated heterocycles. The average Bonchev–Trinajstić information content (AvgIpc) is 2.64. The van der Waals surface area contributed by atoms with Crippen LogP contribution in [0.15, 0.2) is 11.4 Å². The Balaban J connectivity index is 2.55. The lowest BCUT2D eigenvalue weighted by molar-refractivity contribution is -0.135. The standard InChI is InChI=1S/C10H7F3N2O2S2/c1-4-6-8(18-2-5(16)17)14-3-15-9(6)19-7(4)10(11,12)13/h3H,2H2,1H3,(H,16,17). The van der Waals surface area contributed by atoms with Crippen molar-refractivity contribution in [3.8, 4) is 0 Å². The number of thiophene rings is 1. The molecule has 0 fully saturated rings. The lowest BCUT2D eigenvalue weighted by atomic mass is 10.2. The van der Waals surface area contributed by atoms with Crippen molar-refractivity contribution in [2.75, 3.05) is 5.75 Å². The normalized spacial score (nSPS) is 12.0. The molecule has 9 heteroatoms. The van der Waals surface area contributed by atoms with Gasteiger partial charge in [0, 0.05) is 5.39 Å². The molecule has 0 bridgehead atoms. The number of hydrogen-bond donors (Lipinski definition) is 1. The number of rotatable bonds is 3. The molecule has 2 rings (SSSR count). The zero-order valence-corrected chi connectivity index (χ0v) is 11.1. The summed E-state index contributed by atoms with van der Waals surface area (Å²) in [5.74, 6) is -1.32. The zero-order valence-electron chi connectivity index (χ0n) is 9.48. The minimum atomic E-state index is -4.44. The van der Waals surface area contributed by atoms with E-state index in [0.29, 0.717) is 11.3 Å². The lowest BCUT2D eigenvalue weighted by Gasteiger charge is -2.04. The van der Waals surface area contributed by atoms with E-state index in [9.17, 15) is 18.0 Å². The van der Waals surface area contributed by atoms with E-state index in [0.717, 1.165) is 18.1 Å². The van der Waals surface area contributed by atoms with Gasteiger partial charge in [-0.1, -0.05) is 11.8 Å². The van der Waals surface area contributed by atoms with Gasteiger partial charge >= 0.3 is 12.1 Å². The molecule has 2 aromatic heterocycles. The molecule has 2 heterocycles. The van der Waals surface area contributed by atoms with E-state index in [1.807, 2.05) is 0 Å². The van der Waals surface area contributed by atoms with E-state index in [1.54, 1.807) is 0 Å². The molecule has 4 nitrogen and oxygen atoms in total. The van der Waals surface area contributed by atoms with E-state index in [1.165, 1.54) is 6.92 Å². The molecule has 1 N–H and O–H groups in total. The van der Waals surface area contributed by atoms with Crippen LogP contribution in [0.3, 0.4) is 0 Å². The van der Waals surface area contributed by atoms with Crippen LogP contribution in [0.4, 0.5) is 13.2 Å². The smallest absolute Gasteiger partial charge is 0.425 e. The fraction of sp³-hybridized carbons (Fsp3) is 0.300. The average molecular weight is 308 g/mol. The maximum absolute atomic E-state index is 12.8. The van der Waals surface area contributed by atoms with Gasteiger partial charge in [-0.2, -0.15) is 13.2 Å². The number of aryl methyl sites for hydroxylation is 1. The molecule has 2 aromatic rings. The van der Waals surface area contributed by atoms with Crippen molar-refractivity contribution in [3.05, 3.63) is 16.8 Å². The summed E-state index contributed by atoms with van der Waals surface area (Å²) in [6, 6.07) is 0. The zero-order chi connectivity index (χ0) is 14.2. The summed E-state index contributed by atoms with van der Waals surface area (Å²) in [5, 5.41) is 9.15. The van der Waals surface area contributed by atoms with Gasteiger partial charge < -0.3 is 5.11 Å². The molecule has 0 aliphatic rings. The van der Waals surface area contributed by atoms with Crippen LogP contribution in [0.25, 0.3) is 10.2 Å². The molecular weight excluding hydrogens is 301 g/mol. The molecule has 0 amide bonds. The highest BCUT2D eigenvalue weighted by Gasteiger charge is 2.36. The van der Waals surface area contributed by atoms with Crippen molar-refractivity contribution >= 4 is 39.3 Å². The Morgan fingerprint density at radius 3 is 2.74 bits per heavy atom. The molecule has 0 aliphatic carbocycles. The number of carboxylic acid groups (broad SMARTS) is 1. The van der Waals surface area contributed by atoms with E-state index in [2.05, 4.69) is 9.97 Å². The third-order valence-electron chi connectivity index (χ3n) is 2.28. The number of aliphatic carboxylic acids is 1. The summed E-state index contributed by atoms with van der Waals surface area (Å²) < 4.78 is 38.4. The highest BCUT2D eigenvalue weighted by atomic mass is 32.2. The number of carboxylic acids is 1. The molecule has 19 heavy (non-hydrogen) atoms. The summed E-state index contributed by atoms with van der Waals surface area (Å²) in [6.07, 6.45) is -3.30. The Hall–Kier alpha value is -1.35. The van der Waals surface area contributed by atoms with Crippen LogP contribution in [0, 0.1) is 6.92 Å². The van der Waals surface area contributed by atoms with Crippen LogP contribution in [0.2, 0.25) is 0 Å². The van der Waals surface area contributed by atoms with E-state index < -0.39 is 17.0 Å². The number of hydrogen-bond acceptors (Lipinski definition) is 5. The van der Waals surface area contributed by atoms with Gasteiger partial charge in [0.1, 0.15) is 21.1 Å². The molecule has 0 spiro atoms. The van der Waals surface area contributed by atoms with Crippen LogP contribution in [0.1, 0.15) is 10.4 Å². The fourth-order valence-corrected chi connectivity index (χ4v) is 3.41. The maximum Gasteiger partial charge on any atom is 0.425 e.